The molecule has 0 saturated heterocycles. The molecule has 7 heteroatoms. The summed E-state index contributed by atoms with van der Waals surface area (Å²) in [7, 11) is 3.03. The number of hydrazone groups is 1. The fraction of sp³-hybridized carbons (Fsp3) is 0.250. The lowest BCUT2D eigenvalue weighted by Gasteiger charge is -2.37. The second-order valence-electron chi connectivity index (χ2n) is 5.20. The zero-order valence-corrected chi connectivity index (χ0v) is 13.2. The second kappa shape index (κ2) is 6.13. The standard InChI is InChI=1S/C16H18N4O3/c1-11-6-8-12(9-7-11)20-14(13-5-4-10-23-13)17-19(2)15(18-20)16(21)22-3/h4-10,14,17H,1-3H3. The van der Waals surface area contributed by atoms with Crippen molar-refractivity contribution in [3.05, 3.63) is 54.0 Å². The van der Waals surface area contributed by atoms with E-state index < -0.39 is 5.97 Å². The molecule has 1 unspecified atom stereocenters. The van der Waals surface area contributed by atoms with Gasteiger partial charge in [0.2, 0.25) is 5.84 Å². The highest BCUT2D eigenvalue weighted by Gasteiger charge is 2.33. The summed E-state index contributed by atoms with van der Waals surface area (Å²) >= 11 is 0. The number of nitrogens with zero attached hydrogens (tertiary/aromatic N) is 3. The van der Waals surface area contributed by atoms with Gasteiger partial charge in [0.15, 0.2) is 6.17 Å². The summed E-state index contributed by atoms with van der Waals surface area (Å²) in [6, 6.07) is 11.5. The number of anilines is 1. The minimum Gasteiger partial charge on any atom is -0.466 e. The van der Waals surface area contributed by atoms with Gasteiger partial charge in [0.1, 0.15) is 5.76 Å². The van der Waals surface area contributed by atoms with Gasteiger partial charge < -0.3 is 9.15 Å². The van der Waals surface area contributed by atoms with Crippen LogP contribution >= 0.6 is 0 Å². The zero-order valence-electron chi connectivity index (χ0n) is 13.2. The first kappa shape index (κ1) is 15.1. The maximum Gasteiger partial charge on any atom is 0.377 e. The third kappa shape index (κ3) is 2.91. The Morgan fingerprint density at radius 1 is 1.30 bits per heavy atom. The molecule has 1 aromatic carbocycles. The van der Waals surface area contributed by atoms with Crippen LogP contribution < -0.4 is 10.4 Å². The highest BCUT2D eigenvalue weighted by molar-refractivity contribution is 6.35. The van der Waals surface area contributed by atoms with Gasteiger partial charge in [0, 0.05) is 7.05 Å². The summed E-state index contributed by atoms with van der Waals surface area (Å²) < 4.78 is 10.3. The van der Waals surface area contributed by atoms with Gasteiger partial charge in [0.05, 0.1) is 19.1 Å². The monoisotopic (exact) mass is 314 g/mol. The van der Waals surface area contributed by atoms with Crippen LogP contribution in [0.1, 0.15) is 17.5 Å². The van der Waals surface area contributed by atoms with Gasteiger partial charge in [-0.3, -0.25) is 5.01 Å². The average molecular weight is 314 g/mol. The fourth-order valence-corrected chi connectivity index (χ4v) is 2.33. The summed E-state index contributed by atoms with van der Waals surface area (Å²) in [5, 5.41) is 7.68. The summed E-state index contributed by atoms with van der Waals surface area (Å²) in [4.78, 5) is 11.9. The molecule has 7 nitrogen and oxygen atoms in total. The smallest absolute Gasteiger partial charge is 0.377 e. The van der Waals surface area contributed by atoms with Gasteiger partial charge >= 0.3 is 5.97 Å². The molecule has 2 aromatic rings. The van der Waals surface area contributed by atoms with Crippen LogP contribution in [0.5, 0.6) is 0 Å². The molecule has 3 rings (SSSR count). The van der Waals surface area contributed by atoms with Gasteiger partial charge in [-0.05, 0) is 31.2 Å². The van der Waals surface area contributed by atoms with E-state index >= 15 is 0 Å². The van der Waals surface area contributed by atoms with Crippen molar-refractivity contribution >= 4 is 17.5 Å². The number of hydrazine groups is 1. The highest BCUT2D eigenvalue weighted by Crippen LogP contribution is 2.29. The Labute approximate surface area is 134 Å². The third-order valence-electron chi connectivity index (χ3n) is 3.56. The van der Waals surface area contributed by atoms with Crippen LogP contribution in [0.25, 0.3) is 0 Å². The van der Waals surface area contributed by atoms with Crippen LogP contribution in [0.15, 0.2) is 52.2 Å². The second-order valence-corrected chi connectivity index (χ2v) is 5.20. The minimum atomic E-state index is -0.519. The Hall–Kier alpha value is -2.80. The molecule has 2 heterocycles. The van der Waals surface area contributed by atoms with Crippen LogP contribution in [0, 0.1) is 6.92 Å². The molecule has 23 heavy (non-hydrogen) atoms. The first-order valence-corrected chi connectivity index (χ1v) is 7.16. The molecular formula is C16H18N4O3. The van der Waals surface area contributed by atoms with Gasteiger partial charge in [-0.1, -0.05) is 17.7 Å². The van der Waals surface area contributed by atoms with E-state index in [0.29, 0.717) is 5.76 Å². The van der Waals surface area contributed by atoms with Crippen molar-refractivity contribution < 1.29 is 13.9 Å². The van der Waals surface area contributed by atoms with E-state index in [4.69, 9.17) is 9.15 Å². The van der Waals surface area contributed by atoms with Gasteiger partial charge in [-0.15, -0.1) is 5.10 Å². The zero-order chi connectivity index (χ0) is 16.4. The number of rotatable bonds is 3. The number of benzene rings is 1. The van der Waals surface area contributed by atoms with E-state index in [1.54, 1.807) is 18.3 Å². The number of methoxy groups -OCH3 is 1. The van der Waals surface area contributed by atoms with Crippen molar-refractivity contribution in [3.8, 4) is 0 Å². The minimum absolute atomic E-state index is 0.163. The van der Waals surface area contributed by atoms with Crippen molar-refractivity contribution in [2.45, 2.75) is 13.1 Å². The number of hydrogen-bond acceptors (Lipinski definition) is 7. The van der Waals surface area contributed by atoms with Gasteiger partial charge in [-0.25, -0.2) is 15.2 Å². The molecule has 0 radical (unpaired) electrons. The first-order valence-electron chi connectivity index (χ1n) is 7.16. The summed E-state index contributed by atoms with van der Waals surface area (Å²) in [5.74, 6) is 0.330. The number of amidine groups is 1. The predicted octanol–water partition coefficient (Wildman–Crippen LogP) is 2.03. The number of hydrogen-bond donors (Lipinski definition) is 1. The largest absolute Gasteiger partial charge is 0.466 e. The van der Waals surface area contributed by atoms with Crippen LogP contribution in [0.4, 0.5) is 5.69 Å². The molecule has 0 bridgehead atoms. The van der Waals surface area contributed by atoms with E-state index in [1.807, 2.05) is 43.3 Å². The number of furan rings is 1. The highest BCUT2D eigenvalue weighted by atomic mass is 16.5. The van der Waals surface area contributed by atoms with E-state index in [1.165, 1.54) is 12.1 Å². The van der Waals surface area contributed by atoms with Crippen LogP contribution in [0.3, 0.4) is 0 Å². The number of carbonyl (C=O) groups excluding carboxylic acids is 1. The Morgan fingerprint density at radius 3 is 2.65 bits per heavy atom. The molecule has 1 aliphatic heterocycles. The van der Waals surface area contributed by atoms with Crippen molar-refractivity contribution in [1.82, 2.24) is 10.4 Å². The maximum absolute atomic E-state index is 11.9. The Kier molecular flexibility index (Phi) is 4.03. The molecule has 0 fully saturated rings. The SMILES string of the molecule is COC(=O)C1=NN(c2ccc(C)cc2)C(c2ccco2)NN1C. The van der Waals surface area contributed by atoms with E-state index in [9.17, 15) is 4.79 Å². The van der Waals surface area contributed by atoms with E-state index in [-0.39, 0.29) is 12.0 Å². The van der Waals surface area contributed by atoms with Crippen LogP contribution in [-0.4, -0.2) is 31.0 Å². The summed E-state index contributed by atoms with van der Waals surface area (Å²) in [6.45, 7) is 2.01. The van der Waals surface area contributed by atoms with Gasteiger partial charge in [-0.2, -0.15) is 0 Å². The maximum atomic E-state index is 11.9. The predicted molar refractivity (Wildman–Crippen MR) is 85.5 cm³/mol. The van der Waals surface area contributed by atoms with Crippen molar-refractivity contribution in [2.75, 3.05) is 19.2 Å². The molecule has 1 N–H and O–H groups in total. The Morgan fingerprint density at radius 2 is 2.04 bits per heavy atom. The Bertz CT molecular complexity index is 709. The van der Waals surface area contributed by atoms with E-state index in [2.05, 4.69) is 10.5 Å². The topological polar surface area (TPSA) is 70.3 Å². The fourth-order valence-electron chi connectivity index (χ4n) is 2.33. The third-order valence-corrected chi connectivity index (χ3v) is 3.56. The molecule has 1 atom stereocenters. The quantitative estimate of drug-likeness (QED) is 0.874. The van der Waals surface area contributed by atoms with E-state index in [0.717, 1.165) is 11.3 Å². The number of carbonyl (C=O) groups is 1. The van der Waals surface area contributed by atoms with Crippen LogP contribution in [0.2, 0.25) is 0 Å². The number of aryl methyl sites for hydroxylation is 1. The number of likely N-dealkylation sites (N-methyl/N-ethyl adjacent to an activating group) is 1. The van der Waals surface area contributed by atoms with Crippen molar-refractivity contribution in [1.29, 1.82) is 0 Å². The Balaban J connectivity index is 2.05. The normalized spacial score (nSPS) is 17.9. The number of nitrogens with one attached hydrogen (secondary N) is 1. The molecular weight excluding hydrogens is 296 g/mol. The summed E-state index contributed by atoms with van der Waals surface area (Å²) in [5.41, 5.74) is 5.15. The molecule has 1 aliphatic rings. The summed E-state index contributed by atoms with van der Waals surface area (Å²) in [6.07, 6.45) is 1.23. The molecule has 0 amide bonds. The number of ether oxygens (including phenoxy) is 1. The lowest BCUT2D eigenvalue weighted by molar-refractivity contribution is -0.133. The first-order chi connectivity index (χ1) is 11.1. The molecule has 1 aromatic heterocycles. The van der Waals surface area contributed by atoms with Crippen LogP contribution in [-0.2, 0) is 9.53 Å². The average Bonchev–Trinajstić information content (AvgIpc) is 3.09. The lowest BCUT2D eigenvalue weighted by atomic mass is 10.2. The van der Waals surface area contributed by atoms with Crippen molar-refractivity contribution in [2.24, 2.45) is 5.10 Å². The molecule has 0 spiro atoms. The van der Waals surface area contributed by atoms with Crippen molar-refractivity contribution in [3.63, 3.8) is 0 Å². The molecule has 0 saturated carbocycles. The lowest BCUT2D eigenvalue weighted by Crippen LogP contribution is -2.54. The molecule has 120 valence electrons. The molecule has 0 aliphatic carbocycles. The number of esters is 1. The van der Waals surface area contributed by atoms with Gasteiger partial charge in [0.25, 0.3) is 0 Å².